The topological polar surface area (TPSA) is 93.3 Å². The normalized spacial score (nSPS) is 11.9. The van der Waals surface area contributed by atoms with Gasteiger partial charge in [-0.2, -0.15) is 5.10 Å². The van der Waals surface area contributed by atoms with Crippen molar-refractivity contribution in [3.05, 3.63) is 11.4 Å². The summed E-state index contributed by atoms with van der Waals surface area (Å²) in [6.07, 6.45) is 0. The average Bonchev–Trinajstić information content (AvgIpc) is 2.64. The SMILES string of the molecule is COCCOCCNS(=O)(=O)c1c(C)n[nH]c1C. The van der Waals surface area contributed by atoms with Crippen molar-refractivity contribution in [1.29, 1.82) is 0 Å². The Morgan fingerprint density at radius 3 is 2.56 bits per heavy atom. The van der Waals surface area contributed by atoms with E-state index in [1.165, 1.54) is 0 Å². The summed E-state index contributed by atoms with van der Waals surface area (Å²) in [4.78, 5) is 0.208. The van der Waals surface area contributed by atoms with Gasteiger partial charge in [0.1, 0.15) is 4.90 Å². The molecule has 1 heterocycles. The van der Waals surface area contributed by atoms with E-state index in [-0.39, 0.29) is 11.4 Å². The van der Waals surface area contributed by atoms with E-state index in [9.17, 15) is 8.42 Å². The maximum Gasteiger partial charge on any atom is 0.244 e. The first kappa shape index (κ1) is 15.1. The van der Waals surface area contributed by atoms with E-state index >= 15 is 0 Å². The van der Waals surface area contributed by atoms with Crippen LogP contribution in [0, 0.1) is 13.8 Å². The van der Waals surface area contributed by atoms with E-state index in [0.717, 1.165) is 0 Å². The molecule has 18 heavy (non-hydrogen) atoms. The number of hydrogen-bond donors (Lipinski definition) is 2. The highest BCUT2D eigenvalue weighted by Gasteiger charge is 2.21. The first-order valence-corrected chi connectivity index (χ1v) is 7.05. The second-order valence-electron chi connectivity index (χ2n) is 3.77. The second-order valence-corrected chi connectivity index (χ2v) is 5.47. The molecule has 0 unspecified atom stereocenters. The molecule has 2 N–H and O–H groups in total. The highest BCUT2D eigenvalue weighted by molar-refractivity contribution is 7.89. The van der Waals surface area contributed by atoms with Crippen LogP contribution in [0.25, 0.3) is 0 Å². The maximum absolute atomic E-state index is 12.0. The third-order valence-corrected chi connectivity index (χ3v) is 4.02. The van der Waals surface area contributed by atoms with Gasteiger partial charge in [-0.15, -0.1) is 0 Å². The number of aryl methyl sites for hydroxylation is 2. The van der Waals surface area contributed by atoms with Crippen molar-refractivity contribution >= 4 is 10.0 Å². The lowest BCUT2D eigenvalue weighted by atomic mass is 10.4. The van der Waals surface area contributed by atoms with E-state index in [1.54, 1.807) is 21.0 Å². The predicted molar refractivity (Wildman–Crippen MR) is 65.9 cm³/mol. The van der Waals surface area contributed by atoms with E-state index < -0.39 is 10.0 Å². The number of nitrogens with zero attached hydrogens (tertiary/aromatic N) is 1. The Hall–Kier alpha value is -0.960. The van der Waals surface area contributed by atoms with Crippen molar-refractivity contribution in [1.82, 2.24) is 14.9 Å². The van der Waals surface area contributed by atoms with Crippen LogP contribution >= 0.6 is 0 Å². The van der Waals surface area contributed by atoms with E-state index in [4.69, 9.17) is 9.47 Å². The minimum Gasteiger partial charge on any atom is -0.382 e. The minimum atomic E-state index is -3.53. The summed E-state index contributed by atoms with van der Waals surface area (Å²) >= 11 is 0. The summed E-state index contributed by atoms with van der Waals surface area (Å²) in [5.41, 5.74) is 0.987. The van der Waals surface area contributed by atoms with Crippen molar-refractivity contribution in [3.63, 3.8) is 0 Å². The average molecular weight is 277 g/mol. The number of aromatic nitrogens is 2. The molecule has 1 aromatic heterocycles. The highest BCUT2D eigenvalue weighted by Crippen LogP contribution is 2.15. The lowest BCUT2D eigenvalue weighted by Crippen LogP contribution is -2.28. The van der Waals surface area contributed by atoms with Crippen LogP contribution in [0.3, 0.4) is 0 Å². The first-order chi connectivity index (χ1) is 8.49. The zero-order valence-electron chi connectivity index (χ0n) is 10.8. The molecule has 0 amide bonds. The van der Waals surface area contributed by atoms with Gasteiger partial charge in [0.15, 0.2) is 0 Å². The number of sulfonamides is 1. The Morgan fingerprint density at radius 2 is 2.00 bits per heavy atom. The standard InChI is InChI=1S/C10H19N3O4S/c1-8-10(9(2)13-12-8)18(14,15)11-4-5-17-7-6-16-3/h11H,4-7H2,1-3H3,(H,12,13). The Labute approximate surface area is 107 Å². The third-order valence-electron chi connectivity index (χ3n) is 2.30. The number of hydrogen-bond acceptors (Lipinski definition) is 5. The Balaban J connectivity index is 2.46. The summed E-state index contributed by atoms with van der Waals surface area (Å²) in [6, 6.07) is 0. The van der Waals surface area contributed by atoms with Crippen LogP contribution in [-0.2, 0) is 19.5 Å². The summed E-state index contributed by atoms with van der Waals surface area (Å²) in [5.74, 6) is 0. The summed E-state index contributed by atoms with van der Waals surface area (Å²) < 4.78 is 36.4. The van der Waals surface area contributed by atoms with Crippen LogP contribution in [-0.4, -0.2) is 52.1 Å². The molecule has 7 nitrogen and oxygen atoms in total. The predicted octanol–water partition coefficient (Wildman–Crippen LogP) is -0.0322. The van der Waals surface area contributed by atoms with Gasteiger partial charge in [-0.25, -0.2) is 13.1 Å². The van der Waals surface area contributed by atoms with Crippen molar-refractivity contribution in [2.75, 3.05) is 33.5 Å². The van der Waals surface area contributed by atoms with Crippen LogP contribution < -0.4 is 4.72 Å². The van der Waals surface area contributed by atoms with Gasteiger partial charge in [-0.1, -0.05) is 0 Å². The van der Waals surface area contributed by atoms with Gasteiger partial charge in [0.25, 0.3) is 0 Å². The second kappa shape index (κ2) is 6.83. The fourth-order valence-electron chi connectivity index (χ4n) is 1.50. The fourth-order valence-corrected chi connectivity index (χ4v) is 2.88. The lowest BCUT2D eigenvalue weighted by Gasteiger charge is -2.07. The zero-order valence-corrected chi connectivity index (χ0v) is 11.6. The number of nitrogens with one attached hydrogen (secondary N) is 2. The van der Waals surface area contributed by atoms with Crippen molar-refractivity contribution in [2.45, 2.75) is 18.7 Å². The molecule has 1 rings (SSSR count). The van der Waals surface area contributed by atoms with E-state index in [2.05, 4.69) is 14.9 Å². The van der Waals surface area contributed by atoms with Gasteiger partial charge < -0.3 is 9.47 Å². The minimum absolute atomic E-state index is 0.208. The smallest absolute Gasteiger partial charge is 0.244 e. The molecule has 0 aromatic carbocycles. The molecule has 1 aromatic rings. The summed E-state index contributed by atoms with van der Waals surface area (Å²) in [7, 11) is -1.95. The Bertz CT molecular complexity index is 450. The number of ether oxygens (including phenoxy) is 2. The van der Waals surface area contributed by atoms with Gasteiger partial charge in [-0.3, -0.25) is 5.10 Å². The molecule has 0 saturated heterocycles. The number of methoxy groups -OCH3 is 1. The molecule has 0 bridgehead atoms. The van der Waals surface area contributed by atoms with E-state index in [1.807, 2.05) is 0 Å². The zero-order chi connectivity index (χ0) is 13.6. The van der Waals surface area contributed by atoms with Crippen LogP contribution in [0.1, 0.15) is 11.4 Å². The van der Waals surface area contributed by atoms with Crippen molar-refractivity contribution in [2.24, 2.45) is 0 Å². The first-order valence-electron chi connectivity index (χ1n) is 5.57. The fraction of sp³-hybridized carbons (Fsp3) is 0.700. The molecule has 104 valence electrons. The Morgan fingerprint density at radius 1 is 1.28 bits per heavy atom. The highest BCUT2D eigenvalue weighted by atomic mass is 32.2. The molecular weight excluding hydrogens is 258 g/mol. The van der Waals surface area contributed by atoms with Gasteiger partial charge in [0.05, 0.1) is 31.2 Å². The number of aromatic amines is 1. The molecule has 0 radical (unpaired) electrons. The molecule has 0 aliphatic rings. The van der Waals surface area contributed by atoms with Crippen LogP contribution in [0.5, 0.6) is 0 Å². The molecule has 0 saturated carbocycles. The molecule has 0 atom stereocenters. The van der Waals surface area contributed by atoms with Crippen LogP contribution in [0.4, 0.5) is 0 Å². The van der Waals surface area contributed by atoms with Crippen molar-refractivity contribution < 1.29 is 17.9 Å². The van der Waals surface area contributed by atoms with Crippen molar-refractivity contribution in [3.8, 4) is 0 Å². The van der Waals surface area contributed by atoms with E-state index in [0.29, 0.717) is 31.2 Å². The number of rotatable bonds is 8. The number of H-pyrrole nitrogens is 1. The van der Waals surface area contributed by atoms with Gasteiger partial charge in [0.2, 0.25) is 10.0 Å². The lowest BCUT2D eigenvalue weighted by molar-refractivity contribution is 0.0736. The quantitative estimate of drug-likeness (QED) is 0.651. The molecular formula is C10H19N3O4S. The third kappa shape index (κ3) is 4.05. The van der Waals surface area contributed by atoms with Crippen LogP contribution in [0.15, 0.2) is 4.90 Å². The largest absolute Gasteiger partial charge is 0.382 e. The molecule has 0 spiro atoms. The van der Waals surface area contributed by atoms with Crippen LogP contribution in [0.2, 0.25) is 0 Å². The summed E-state index contributed by atoms with van der Waals surface area (Å²) in [5, 5.41) is 6.50. The molecule has 0 fully saturated rings. The molecule has 8 heteroatoms. The molecule has 0 aliphatic carbocycles. The van der Waals surface area contributed by atoms with Gasteiger partial charge in [0, 0.05) is 13.7 Å². The van der Waals surface area contributed by atoms with Gasteiger partial charge >= 0.3 is 0 Å². The van der Waals surface area contributed by atoms with Gasteiger partial charge in [-0.05, 0) is 13.8 Å². The monoisotopic (exact) mass is 277 g/mol. The molecule has 0 aliphatic heterocycles. The maximum atomic E-state index is 12.0. The Kier molecular flexibility index (Phi) is 5.73. The summed E-state index contributed by atoms with van der Waals surface area (Å²) in [6.45, 7) is 4.78.